The van der Waals surface area contributed by atoms with Crippen molar-refractivity contribution in [2.24, 2.45) is 0 Å². The van der Waals surface area contributed by atoms with E-state index in [1.165, 1.54) is 12.1 Å². The summed E-state index contributed by atoms with van der Waals surface area (Å²) < 4.78 is 19.2. The average molecular weight is 240 g/mol. The molecule has 1 aromatic carbocycles. The molecule has 1 nitrogen and oxygen atoms in total. The fourth-order valence-corrected chi connectivity index (χ4v) is 2.19. The molecule has 0 unspecified atom stereocenters. The van der Waals surface area contributed by atoms with Crippen LogP contribution in [0.1, 0.15) is 26.3 Å². The molecule has 16 heavy (non-hydrogen) atoms. The summed E-state index contributed by atoms with van der Waals surface area (Å²) in [6, 6.07) is 4.71. The summed E-state index contributed by atoms with van der Waals surface area (Å²) in [7, 11) is -1.87. The first-order chi connectivity index (χ1) is 7.13. The van der Waals surface area contributed by atoms with Crippen LogP contribution in [0.3, 0.4) is 0 Å². The SMILES string of the molecule is Cc1ccc(F)cc1O[Si](C)(C)C(C)(C)C. The van der Waals surface area contributed by atoms with E-state index in [-0.39, 0.29) is 10.9 Å². The lowest BCUT2D eigenvalue weighted by molar-refractivity contribution is 0.484. The monoisotopic (exact) mass is 240 g/mol. The van der Waals surface area contributed by atoms with Crippen molar-refractivity contribution in [3.05, 3.63) is 29.6 Å². The van der Waals surface area contributed by atoms with Gasteiger partial charge in [0.25, 0.3) is 0 Å². The zero-order valence-electron chi connectivity index (χ0n) is 11.0. The Bertz CT molecular complexity index is 380. The predicted molar refractivity (Wildman–Crippen MR) is 69.0 cm³/mol. The second-order valence-corrected chi connectivity index (χ2v) is 10.5. The van der Waals surface area contributed by atoms with Crippen LogP contribution in [-0.4, -0.2) is 8.32 Å². The molecular weight excluding hydrogens is 219 g/mol. The van der Waals surface area contributed by atoms with E-state index in [0.29, 0.717) is 5.75 Å². The number of rotatable bonds is 2. The molecule has 0 fully saturated rings. The van der Waals surface area contributed by atoms with Gasteiger partial charge in [-0.1, -0.05) is 26.8 Å². The predicted octanol–water partition coefficient (Wildman–Crippen LogP) is 4.52. The van der Waals surface area contributed by atoms with E-state index in [1.807, 2.05) is 6.92 Å². The number of benzene rings is 1. The summed E-state index contributed by atoms with van der Waals surface area (Å²) in [5.41, 5.74) is 0.992. The highest BCUT2D eigenvalue weighted by molar-refractivity contribution is 6.74. The van der Waals surface area contributed by atoms with Crippen LogP contribution < -0.4 is 4.43 Å². The third-order valence-electron chi connectivity index (χ3n) is 3.32. The smallest absolute Gasteiger partial charge is 0.250 e. The molecule has 0 saturated carbocycles. The molecule has 0 bridgehead atoms. The zero-order valence-corrected chi connectivity index (χ0v) is 12.0. The summed E-state index contributed by atoms with van der Waals surface area (Å²) in [6.45, 7) is 12.8. The fourth-order valence-electron chi connectivity index (χ4n) is 1.11. The van der Waals surface area contributed by atoms with Gasteiger partial charge in [-0.05, 0) is 36.7 Å². The van der Waals surface area contributed by atoms with Crippen LogP contribution in [0.4, 0.5) is 4.39 Å². The van der Waals surface area contributed by atoms with Gasteiger partial charge in [0.2, 0.25) is 8.32 Å². The lowest BCUT2D eigenvalue weighted by Crippen LogP contribution is -2.44. The van der Waals surface area contributed by atoms with Crippen LogP contribution in [0.25, 0.3) is 0 Å². The second-order valence-electron chi connectivity index (χ2n) is 5.77. The van der Waals surface area contributed by atoms with Crippen LogP contribution in [0.15, 0.2) is 18.2 Å². The molecule has 0 atom stereocenters. The van der Waals surface area contributed by atoms with E-state index >= 15 is 0 Å². The van der Waals surface area contributed by atoms with Gasteiger partial charge in [-0.25, -0.2) is 4.39 Å². The lowest BCUT2D eigenvalue weighted by atomic mass is 10.2. The molecule has 0 aliphatic heterocycles. The molecular formula is C13H21FOSi. The molecule has 0 aliphatic carbocycles. The third kappa shape index (κ3) is 2.85. The van der Waals surface area contributed by atoms with Gasteiger partial charge < -0.3 is 4.43 Å². The van der Waals surface area contributed by atoms with Crippen molar-refractivity contribution in [2.45, 2.75) is 45.8 Å². The molecule has 3 heteroatoms. The molecule has 1 rings (SSSR count). The fraction of sp³-hybridized carbons (Fsp3) is 0.538. The first kappa shape index (κ1) is 13.2. The van der Waals surface area contributed by atoms with E-state index in [0.717, 1.165) is 5.56 Å². The summed E-state index contributed by atoms with van der Waals surface area (Å²) in [5.74, 6) is 0.450. The Balaban J connectivity index is 3.01. The van der Waals surface area contributed by atoms with Gasteiger partial charge in [0, 0.05) is 6.07 Å². The van der Waals surface area contributed by atoms with Gasteiger partial charge in [-0.15, -0.1) is 0 Å². The van der Waals surface area contributed by atoms with Crippen molar-refractivity contribution in [2.75, 3.05) is 0 Å². The first-order valence-electron chi connectivity index (χ1n) is 5.59. The molecule has 0 heterocycles. The average Bonchev–Trinajstić information content (AvgIpc) is 2.09. The minimum absolute atomic E-state index is 0.131. The number of hydrogen-bond donors (Lipinski definition) is 0. The van der Waals surface area contributed by atoms with Gasteiger partial charge in [-0.3, -0.25) is 0 Å². The maximum absolute atomic E-state index is 13.2. The van der Waals surface area contributed by atoms with Crippen LogP contribution in [0.5, 0.6) is 5.75 Å². The number of halogens is 1. The van der Waals surface area contributed by atoms with Crippen LogP contribution in [0.2, 0.25) is 18.1 Å². The Morgan fingerprint density at radius 2 is 1.75 bits per heavy atom. The number of aryl methyl sites for hydroxylation is 1. The number of hydrogen-bond acceptors (Lipinski definition) is 1. The highest BCUT2D eigenvalue weighted by Crippen LogP contribution is 2.38. The Kier molecular flexibility index (Phi) is 3.48. The molecule has 0 aromatic heterocycles. The van der Waals surface area contributed by atoms with Crippen molar-refractivity contribution in [1.82, 2.24) is 0 Å². The molecule has 0 saturated heterocycles. The standard InChI is InChI=1S/C13H21FOSi/c1-10-7-8-11(14)9-12(10)15-16(5,6)13(2,3)4/h7-9H,1-6H3. The Morgan fingerprint density at radius 3 is 2.25 bits per heavy atom. The van der Waals surface area contributed by atoms with Gasteiger partial charge in [0.1, 0.15) is 11.6 Å². The molecule has 90 valence electrons. The maximum Gasteiger partial charge on any atom is 0.250 e. The van der Waals surface area contributed by atoms with Gasteiger partial charge in [0.15, 0.2) is 0 Å². The van der Waals surface area contributed by atoms with E-state index in [1.54, 1.807) is 6.07 Å². The summed E-state index contributed by atoms with van der Waals surface area (Å²) in [6.07, 6.45) is 0. The van der Waals surface area contributed by atoms with Gasteiger partial charge in [0.05, 0.1) is 0 Å². The molecule has 0 aliphatic rings. The topological polar surface area (TPSA) is 9.23 Å². The largest absolute Gasteiger partial charge is 0.543 e. The van der Waals surface area contributed by atoms with Crippen molar-refractivity contribution < 1.29 is 8.82 Å². The van der Waals surface area contributed by atoms with Gasteiger partial charge in [-0.2, -0.15) is 0 Å². The van der Waals surface area contributed by atoms with E-state index in [4.69, 9.17) is 4.43 Å². The van der Waals surface area contributed by atoms with E-state index in [9.17, 15) is 4.39 Å². The molecule has 0 N–H and O–H groups in total. The molecule has 0 radical (unpaired) electrons. The first-order valence-corrected chi connectivity index (χ1v) is 8.49. The van der Waals surface area contributed by atoms with Crippen molar-refractivity contribution >= 4 is 8.32 Å². The van der Waals surface area contributed by atoms with Crippen LogP contribution in [-0.2, 0) is 0 Å². The highest BCUT2D eigenvalue weighted by atomic mass is 28.4. The highest BCUT2D eigenvalue weighted by Gasteiger charge is 2.39. The normalized spacial score (nSPS) is 12.7. The quantitative estimate of drug-likeness (QED) is 0.691. The Hall–Kier alpha value is -0.833. The minimum atomic E-state index is -1.87. The third-order valence-corrected chi connectivity index (χ3v) is 7.66. The van der Waals surface area contributed by atoms with Gasteiger partial charge >= 0.3 is 0 Å². The molecule has 0 spiro atoms. The Morgan fingerprint density at radius 1 is 1.19 bits per heavy atom. The van der Waals surface area contributed by atoms with E-state index in [2.05, 4.69) is 33.9 Å². The van der Waals surface area contributed by atoms with Crippen molar-refractivity contribution in [3.63, 3.8) is 0 Å². The Labute approximate surface area is 98.8 Å². The van der Waals surface area contributed by atoms with Crippen LogP contribution >= 0.6 is 0 Å². The van der Waals surface area contributed by atoms with Crippen molar-refractivity contribution in [3.8, 4) is 5.75 Å². The van der Waals surface area contributed by atoms with Crippen LogP contribution in [0, 0.1) is 12.7 Å². The molecule has 1 aromatic rings. The maximum atomic E-state index is 13.2. The van der Waals surface area contributed by atoms with E-state index < -0.39 is 8.32 Å². The van der Waals surface area contributed by atoms with Crippen molar-refractivity contribution in [1.29, 1.82) is 0 Å². The molecule has 0 amide bonds. The minimum Gasteiger partial charge on any atom is -0.543 e. The summed E-state index contributed by atoms with van der Waals surface area (Å²) in [4.78, 5) is 0. The zero-order chi connectivity index (χ0) is 12.6. The lowest BCUT2D eigenvalue weighted by Gasteiger charge is -2.36. The summed E-state index contributed by atoms with van der Waals surface area (Å²) >= 11 is 0. The summed E-state index contributed by atoms with van der Waals surface area (Å²) in [5, 5.41) is 0.131. The second kappa shape index (κ2) is 4.21.